The summed E-state index contributed by atoms with van der Waals surface area (Å²) in [7, 11) is 0. The van der Waals surface area contributed by atoms with Gasteiger partial charge in [0.1, 0.15) is 11.6 Å². The molecule has 20 heavy (non-hydrogen) atoms. The van der Waals surface area contributed by atoms with E-state index in [2.05, 4.69) is 4.98 Å². The lowest BCUT2D eigenvalue weighted by molar-refractivity contribution is -0.385. The van der Waals surface area contributed by atoms with Crippen LogP contribution in [-0.2, 0) is 0 Å². The third kappa shape index (κ3) is 2.42. The van der Waals surface area contributed by atoms with Gasteiger partial charge in [-0.15, -0.1) is 0 Å². The number of H-pyrrole nitrogens is 1. The molecule has 0 spiro atoms. The third-order valence-corrected chi connectivity index (χ3v) is 3.88. The zero-order chi connectivity index (χ0) is 14.9. The van der Waals surface area contributed by atoms with Crippen molar-refractivity contribution >= 4 is 28.3 Å². The van der Waals surface area contributed by atoms with Crippen LogP contribution in [0.4, 0.5) is 5.69 Å². The topological polar surface area (TPSA) is 99.8 Å². The standard InChI is InChI=1S/C13H8IN3O3/c1-7-5-9(10(6-15)13(18)16-7)8-3-2-4-11(12(8)14)17(19)20/h2-5H,1H3,(H,16,18). The summed E-state index contributed by atoms with van der Waals surface area (Å²) in [6.45, 7) is 1.69. The third-order valence-electron chi connectivity index (χ3n) is 2.74. The highest BCUT2D eigenvalue weighted by Gasteiger charge is 2.19. The first-order valence-corrected chi connectivity index (χ1v) is 6.61. The number of nitrogens with one attached hydrogen (secondary N) is 1. The molecule has 0 saturated carbocycles. The van der Waals surface area contributed by atoms with Gasteiger partial charge in [0.15, 0.2) is 0 Å². The summed E-state index contributed by atoms with van der Waals surface area (Å²) in [4.78, 5) is 24.8. The molecule has 100 valence electrons. The summed E-state index contributed by atoms with van der Waals surface area (Å²) in [6.07, 6.45) is 0. The van der Waals surface area contributed by atoms with E-state index in [1.165, 1.54) is 12.1 Å². The molecule has 1 aromatic heterocycles. The maximum atomic E-state index is 11.8. The van der Waals surface area contributed by atoms with Gasteiger partial charge in [-0.2, -0.15) is 5.26 Å². The summed E-state index contributed by atoms with van der Waals surface area (Å²) < 4.78 is 0.400. The van der Waals surface area contributed by atoms with Gasteiger partial charge in [-0.25, -0.2) is 0 Å². The Morgan fingerprint density at radius 3 is 2.70 bits per heavy atom. The van der Waals surface area contributed by atoms with Crippen molar-refractivity contribution in [2.75, 3.05) is 0 Å². The lowest BCUT2D eigenvalue weighted by Crippen LogP contribution is -2.13. The Labute approximate surface area is 127 Å². The van der Waals surface area contributed by atoms with Gasteiger partial charge in [0.2, 0.25) is 0 Å². The van der Waals surface area contributed by atoms with Crippen molar-refractivity contribution < 1.29 is 4.92 Å². The predicted molar refractivity (Wildman–Crippen MR) is 81.3 cm³/mol. The van der Waals surface area contributed by atoms with Crippen LogP contribution in [-0.4, -0.2) is 9.91 Å². The van der Waals surface area contributed by atoms with Gasteiger partial charge in [0, 0.05) is 22.9 Å². The van der Waals surface area contributed by atoms with E-state index in [9.17, 15) is 14.9 Å². The Kier molecular flexibility index (Phi) is 3.85. The van der Waals surface area contributed by atoms with Crippen molar-refractivity contribution in [3.63, 3.8) is 0 Å². The highest BCUT2D eigenvalue weighted by atomic mass is 127. The van der Waals surface area contributed by atoms with Gasteiger partial charge in [-0.3, -0.25) is 14.9 Å². The van der Waals surface area contributed by atoms with Crippen LogP contribution < -0.4 is 5.56 Å². The van der Waals surface area contributed by atoms with Crippen LogP contribution in [0.1, 0.15) is 11.3 Å². The molecular formula is C13H8IN3O3. The van der Waals surface area contributed by atoms with Crippen molar-refractivity contribution in [1.82, 2.24) is 4.98 Å². The zero-order valence-corrected chi connectivity index (χ0v) is 12.5. The molecule has 0 radical (unpaired) electrons. The number of hydrogen-bond donors (Lipinski definition) is 1. The van der Waals surface area contributed by atoms with Gasteiger partial charge < -0.3 is 4.98 Å². The van der Waals surface area contributed by atoms with Crippen LogP contribution in [0.2, 0.25) is 0 Å². The van der Waals surface area contributed by atoms with E-state index in [4.69, 9.17) is 5.26 Å². The van der Waals surface area contributed by atoms with Crippen LogP contribution >= 0.6 is 22.6 Å². The molecule has 0 bridgehead atoms. The minimum absolute atomic E-state index is 0.0472. The zero-order valence-electron chi connectivity index (χ0n) is 10.3. The molecule has 0 amide bonds. The number of benzene rings is 1. The fraction of sp³-hybridized carbons (Fsp3) is 0.0769. The number of nitro groups is 1. The van der Waals surface area contributed by atoms with Crippen LogP contribution in [0.15, 0.2) is 29.1 Å². The molecule has 0 fully saturated rings. The fourth-order valence-electron chi connectivity index (χ4n) is 1.88. The monoisotopic (exact) mass is 381 g/mol. The van der Waals surface area contributed by atoms with Gasteiger partial charge in [-0.05, 0) is 35.6 Å². The summed E-state index contributed by atoms with van der Waals surface area (Å²) in [5.74, 6) is 0. The van der Waals surface area contributed by atoms with E-state index >= 15 is 0 Å². The van der Waals surface area contributed by atoms with E-state index in [0.717, 1.165) is 0 Å². The molecule has 2 aromatic rings. The number of nitriles is 1. The average Bonchev–Trinajstić information content (AvgIpc) is 2.37. The van der Waals surface area contributed by atoms with E-state index in [1.807, 2.05) is 28.7 Å². The Hall–Kier alpha value is -2.21. The molecule has 2 rings (SSSR count). The summed E-state index contributed by atoms with van der Waals surface area (Å²) in [6, 6.07) is 8.07. The second-order valence-electron chi connectivity index (χ2n) is 4.08. The number of aromatic amines is 1. The van der Waals surface area contributed by atoms with Crippen molar-refractivity contribution in [3.8, 4) is 17.2 Å². The molecule has 0 atom stereocenters. The second kappa shape index (κ2) is 5.42. The smallest absolute Gasteiger partial charge is 0.283 e. The van der Waals surface area contributed by atoms with E-state index in [0.29, 0.717) is 20.4 Å². The Balaban J connectivity index is 2.83. The number of pyridine rings is 1. The average molecular weight is 381 g/mol. The van der Waals surface area contributed by atoms with Crippen LogP contribution in [0, 0.1) is 31.9 Å². The first-order valence-electron chi connectivity index (χ1n) is 5.53. The molecule has 0 saturated heterocycles. The second-order valence-corrected chi connectivity index (χ2v) is 5.16. The number of aromatic nitrogens is 1. The lowest BCUT2D eigenvalue weighted by Gasteiger charge is -2.07. The molecule has 6 nitrogen and oxygen atoms in total. The quantitative estimate of drug-likeness (QED) is 0.491. The predicted octanol–water partition coefficient (Wildman–Crippen LogP) is 2.73. The Morgan fingerprint density at radius 1 is 1.40 bits per heavy atom. The molecule has 7 heteroatoms. The minimum Gasteiger partial charge on any atom is -0.325 e. The number of rotatable bonds is 2. The fourth-order valence-corrected chi connectivity index (χ4v) is 2.73. The van der Waals surface area contributed by atoms with Crippen molar-refractivity contribution in [1.29, 1.82) is 5.26 Å². The van der Waals surface area contributed by atoms with Crippen molar-refractivity contribution in [2.45, 2.75) is 6.92 Å². The largest absolute Gasteiger partial charge is 0.325 e. The highest BCUT2D eigenvalue weighted by molar-refractivity contribution is 14.1. The summed E-state index contributed by atoms with van der Waals surface area (Å²) in [5, 5.41) is 20.1. The van der Waals surface area contributed by atoms with Crippen LogP contribution in [0.3, 0.4) is 0 Å². The van der Waals surface area contributed by atoms with E-state index < -0.39 is 10.5 Å². The van der Waals surface area contributed by atoms with E-state index in [1.54, 1.807) is 19.1 Å². The number of nitro benzene ring substituents is 1. The molecule has 1 aromatic carbocycles. The molecule has 1 N–H and O–H groups in total. The molecular weight excluding hydrogens is 373 g/mol. The summed E-state index contributed by atoms with van der Waals surface area (Å²) in [5.41, 5.74) is 0.905. The number of hydrogen-bond acceptors (Lipinski definition) is 4. The number of halogens is 1. The minimum atomic E-state index is -0.496. The van der Waals surface area contributed by atoms with Crippen molar-refractivity contribution in [2.24, 2.45) is 0 Å². The SMILES string of the molecule is Cc1cc(-c2cccc([N+](=O)[O-])c2I)c(C#N)c(=O)[nH]1. The normalized spacial score (nSPS) is 10.1. The van der Waals surface area contributed by atoms with Crippen molar-refractivity contribution in [3.05, 3.63) is 59.6 Å². The van der Waals surface area contributed by atoms with Gasteiger partial charge in [-0.1, -0.05) is 12.1 Å². The maximum absolute atomic E-state index is 11.8. The van der Waals surface area contributed by atoms with Gasteiger partial charge >= 0.3 is 0 Å². The van der Waals surface area contributed by atoms with Crippen LogP contribution in [0.25, 0.3) is 11.1 Å². The maximum Gasteiger partial charge on any atom is 0.283 e. The first-order chi connectivity index (χ1) is 9.45. The first kappa shape index (κ1) is 14.2. The summed E-state index contributed by atoms with van der Waals surface area (Å²) >= 11 is 1.85. The molecule has 0 aliphatic heterocycles. The number of nitrogens with zero attached hydrogens (tertiary/aromatic N) is 2. The lowest BCUT2D eigenvalue weighted by atomic mass is 10.0. The highest BCUT2D eigenvalue weighted by Crippen LogP contribution is 2.32. The molecule has 0 aliphatic rings. The van der Waals surface area contributed by atoms with Gasteiger partial charge in [0.05, 0.1) is 8.49 Å². The van der Waals surface area contributed by atoms with E-state index in [-0.39, 0.29) is 11.3 Å². The Morgan fingerprint density at radius 2 is 2.10 bits per heavy atom. The molecule has 1 heterocycles. The number of aryl methyl sites for hydroxylation is 1. The molecule has 0 aliphatic carbocycles. The Bertz CT molecular complexity index is 805. The molecule has 0 unspecified atom stereocenters. The van der Waals surface area contributed by atoms with Gasteiger partial charge in [0.25, 0.3) is 11.2 Å². The van der Waals surface area contributed by atoms with Crippen LogP contribution in [0.5, 0.6) is 0 Å².